The molecular formula is C18H13BrClNO4S. The fraction of sp³-hybridized carbons (Fsp3) is 0.111. The second-order valence-electron chi connectivity index (χ2n) is 5.44. The minimum atomic E-state index is -0.367. The number of benzene rings is 2. The Balaban J connectivity index is 1.86. The van der Waals surface area contributed by atoms with Crippen LogP contribution in [0.1, 0.15) is 11.1 Å². The Bertz CT molecular complexity index is 914. The van der Waals surface area contributed by atoms with Crippen LogP contribution in [0, 0.1) is 0 Å². The number of phenols is 1. The Labute approximate surface area is 167 Å². The number of hydrogen-bond donors (Lipinski definition) is 1. The number of rotatable bonds is 4. The predicted molar refractivity (Wildman–Crippen MR) is 105 cm³/mol. The zero-order chi connectivity index (χ0) is 18.8. The molecule has 2 aromatic carbocycles. The molecule has 0 atom stereocenters. The molecule has 0 aromatic heterocycles. The first kappa shape index (κ1) is 18.8. The van der Waals surface area contributed by atoms with Crippen LogP contribution in [0.25, 0.3) is 6.08 Å². The van der Waals surface area contributed by atoms with Crippen molar-refractivity contribution >= 4 is 56.5 Å². The maximum Gasteiger partial charge on any atom is 0.293 e. The average molecular weight is 455 g/mol. The topological polar surface area (TPSA) is 66.8 Å². The van der Waals surface area contributed by atoms with Crippen LogP contribution in [-0.4, -0.2) is 28.3 Å². The van der Waals surface area contributed by atoms with E-state index in [1.165, 1.54) is 18.1 Å². The van der Waals surface area contributed by atoms with E-state index in [-0.39, 0.29) is 29.2 Å². The minimum absolute atomic E-state index is 0.0210. The molecule has 1 N–H and O–H groups in total. The minimum Gasteiger partial charge on any atom is -0.504 e. The first-order valence-electron chi connectivity index (χ1n) is 7.45. The number of carbonyl (C=O) groups excluding carboxylic acids is 2. The molecule has 1 saturated heterocycles. The highest BCUT2D eigenvalue weighted by Gasteiger charge is 2.35. The molecule has 26 heavy (non-hydrogen) atoms. The summed E-state index contributed by atoms with van der Waals surface area (Å²) in [4.78, 5) is 26.4. The van der Waals surface area contributed by atoms with E-state index in [9.17, 15) is 14.7 Å². The highest BCUT2D eigenvalue weighted by Crippen LogP contribution is 2.37. The maximum atomic E-state index is 12.6. The van der Waals surface area contributed by atoms with Crippen molar-refractivity contribution in [1.82, 2.24) is 4.90 Å². The molecule has 0 aliphatic carbocycles. The van der Waals surface area contributed by atoms with E-state index in [0.717, 1.165) is 17.3 Å². The van der Waals surface area contributed by atoms with Crippen LogP contribution in [0.15, 0.2) is 45.8 Å². The lowest BCUT2D eigenvalue weighted by molar-refractivity contribution is -0.123. The summed E-state index contributed by atoms with van der Waals surface area (Å²) in [6.45, 7) is 0.180. The van der Waals surface area contributed by atoms with Crippen molar-refractivity contribution in [2.24, 2.45) is 0 Å². The molecule has 0 bridgehead atoms. The first-order valence-corrected chi connectivity index (χ1v) is 9.44. The smallest absolute Gasteiger partial charge is 0.293 e. The number of methoxy groups -OCH3 is 1. The maximum absolute atomic E-state index is 12.6. The lowest BCUT2D eigenvalue weighted by Gasteiger charge is -2.12. The molecule has 1 aliphatic rings. The van der Waals surface area contributed by atoms with Gasteiger partial charge in [-0.25, -0.2) is 0 Å². The number of imide groups is 1. The summed E-state index contributed by atoms with van der Waals surface area (Å²) < 4.78 is 5.67. The van der Waals surface area contributed by atoms with Gasteiger partial charge in [-0.2, -0.15) is 0 Å². The van der Waals surface area contributed by atoms with Gasteiger partial charge in [0.2, 0.25) is 0 Å². The molecule has 2 aromatic rings. The molecule has 3 rings (SSSR count). The zero-order valence-corrected chi connectivity index (χ0v) is 16.7. The van der Waals surface area contributed by atoms with Crippen LogP contribution < -0.4 is 4.74 Å². The molecule has 0 saturated carbocycles. The van der Waals surface area contributed by atoms with Gasteiger partial charge in [0.1, 0.15) is 0 Å². The zero-order valence-electron chi connectivity index (χ0n) is 13.5. The second-order valence-corrected chi connectivity index (χ2v) is 7.72. The summed E-state index contributed by atoms with van der Waals surface area (Å²) in [6.07, 6.45) is 1.60. The number of ether oxygens (including phenoxy) is 1. The molecule has 0 unspecified atom stereocenters. The normalized spacial score (nSPS) is 15.8. The summed E-state index contributed by atoms with van der Waals surface area (Å²) in [5.74, 6) is -0.110. The van der Waals surface area contributed by atoms with Gasteiger partial charge in [0.05, 0.1) is 18.6 Å². The van der Waals surface area contributed by atoms with Crippen LogP contribution in [0.2, 0.25) is 5.02 Å². The lowest BCUT2D eigenvalue weighted by Crippen LogP contribution is -2.27. The van der Waals surface area contributed by atoms with Crippen LogP contribution in [0.5, 0.6) is 11.5 Å². The monoisotopic (exact) mass is 453 g/mol. The molecule has 1 heterocycles. The number of amides is 2. The fourth-order valence-corrected chi connectivity index (χ4v) is 3.78. The number of nitrogens with zero attached hydrogens (tertiary/aromatic N) is 1. The summed E-state index contributed by atoms with van der Waals surface area (Å²) in [6, 6.07) is 10.0. The van der Waals surface area contributed by atoms with E-state index in [2.05, 4.69) is 15.9 Å². The predicted octanol–water partition coefficient (Wildman–Crippen LogP) is 5.05. The van der Waals surface area contributed by atoms with Gasteiger partial charge >= 0.3 is 0 Å². The third-order valence-electron chi connectivity index (χ3n) is 3.71. The quantitative estimate of drug-likeness (QED) is 0.655. The van der Waals surface area contributed by atoms with E-state index in [1.54, 1.807) is 36.4 Å². The summed E-state index contributed by atoms with van der Waals surface area (Å²) in [5, 5.41) is 10.0. The van der Waals surface area contributed by atoms with Crippen molar-refractivity contribution in [2.75, 3.05) is 7.11 Å². The SMILES string of the molecule is COc1cc(/C=C2\SC(=O)N(Cc3ccc(Cl)cc3)C2=O)c(Br)cc1O. The molecule has 1 aliphatic heterocycles. The molecule has 5 nitrogen and oxygen atoms in total. The van der Waals surface area contributed by atoms with Gasteiger partial charge in [0, 0.05) is 9.50 Å². The summed E-state index contributed by atoms with van der Waals surface area (Å²) in [7, 11) is 1.44. The van der Waals surface area contributed by atoms with Gasteiger partial charge in [-0.15, -0.1) is 0 Å². The largest absolute Gasteiger partial charge is 0.504 e. The summed E-state index contributed by atoms with van der Waals surface area (Å²) >= 11 is 10.1. The van der Waals surface area contributed by atoms with Crippen LogP contribution >= 0.6 is 39.3 Å². The van der Waals surface area contributed by atoms with Crippen molar-refractivity contribution in [3.63, 3.8) is 0 Å². The third-order valence-corrected chi connectivity index (χ3v) is 5.56. The Hall–Kier alpha value is -1.96. The van der Waals surface area contributed by atoms with Crippen molar-refractivity contribution < 1.29 is 19.4 Å². The van der Waals surface area contributed by atoms with E-state index in [0.29, 0.717) is 20.0 Å². The number of hydrogen-bond acceptors (Lipinski definition) is 5. The first-order chi connectivity index (χ1) is 12.4. The van der Waals surface area contributed by atoms with Crippen LogP contribution in [-0.2, 0) is 11.3 Å². The standard InChI is InChI=1S/C18H13BrClNO4S/c1-25-15-6-11(13(19)8-14(15)22)7-16-17(23)21(18(24)26-16)9-10-2-4-12(20)5-3-10/h2-8,22H,9H2,1H3/b16-7-. The van der Waals surface area contributed by atoms with E-state index in [4.69, 9.17) is 16.3 Å². The number of aromatic hydroxyl groups is 1. The summed E-state index contributed by atoms with van der Waals surface area (Å²) in [5.41, 5.74) is 1.43. The third kappa shape index (κ3) is 3.90. The highest BCUT2D eigenvalue weighted by atomic mass is 79.9. The van der Waals surface area contributed by atoms with Gasteiger partial charge in [-0.05, 0) is 53.2 Å². The molecular weight excluding hydrogens is 442 g/mol. The van der Waals surface area contributed by atoms with Gasteiger partial charge < -0.3 is 9.84 Å². The Morgan fingerprint density at radius 3 is 2.62 bits per heavy atom. The van der Waals surface area contributed by atoms with E-state index >= 15 is 0 Å². The molecule has 134 valence electrons. The van der Waals surface area contributed by atoms with Gasteiger partial charge in [0.15, 0.2) is 11.5 Å². The molecule has 1 fully saturated rings. The highest BCUT2D eigenvalue weighted by molar-refractivity contribution is 9.10. The van der Waals surface area contributed by atoms with Crippen molar-refractivity contribution in [1.29, 1.82) is 0 Å². The Kier molecular flexibility index (Phi) is 5.60. The van der Waals surface area contributed by atoms with E-state index in [1.807, 2.05) is 0 Å². The van der Waals surface area contributed by atoms with Crippen molar-refractivity contribution in [3.8, 4) is 11.5 Å². The molecule has 2 amide bonds. The van der Waals surface area contributed by atoms with Crippen molar-refractivity contribution in [2.45, 2.75) is 6.54 Å². The van der Waals surface area contributed by atoms with Gasteiger partial charge in [-0.1, -0.05) is 39.7 Å². The Morgan fingerprint density at radius 2 is 1.96 bits per heavy atom. The number of halogens is 2. The second kappa shape index (κ2) is 7.73. The Morgan fingerprint density at radius 1 is 1.27 bits per heavy atom. The number of thioether (sulfide) groups is 1. The molecule has 8 heteroatoms. The number of phenolic OH excluding ortho intramolecular Hbond substituents is 1. The molecule has 0 radical (unpaired) electrons. The lowest BCUT2D eigenvalue weighted by atomic mass is 10.1. The van der Waals surface area contributed by atoms with Crippen molar-refractivity contribution in [3.05, 3.63) is 61.9 Å². The van der Waals surface area contributed by atoms with E-state index < -0.39 is 0 Å². The molecule has 0 spiro atoms. The van der Waals surface area contributed by atoms with Crippen LogP contribution in [0.4, 0.5) is 4.79 Å². The fourth-order valence-electron chi connectivity index (χ4n) is 2.38. The number of carbonyl (C=O) groups is 2. The van der Waals surface area contributed by atoms with Gasteiger partial charge in [-0.3, -0.25) is 14.5 Å². The van der Waals surface area contributed by atoms with Crippen LogP contribution in [0.3, 0.4) is 0 Å². The van der Waals surface area contributed by atoms with Gasteiger partial charge in [0.25, 0.3) is 11.1 Å². The average Bonchev–Trinajstić information content (AvgIpc) is 2.86.